The predicted octanol–water partition coefficient (Wildman–Crippen LogP) is 2.49. The number of rotatable bonds is 2. The van der Waals surface area contributed by atoms with Crippen LogP contribution < -0.4 is 4.74 Å². The second-order valence-electron chi connectivity index (χ2n) is 1.85. The molecule has 0 atom stereocenters. The Morgan fingerprint density at radius 1 is 1.50 bits per heavy atom. The fourth-order valence-corrected chi connectivity index (χ4v) is 0.723. The molecule has 0 radical (unpaired) electrons. The van der Waals surface area contributed by atoms with Gasteiger partial charge in [-0.25, -0.2) is 0 Å². The normalized spacial score (nSPS) is 7.92. The van der Waals surface area contributed by atoms with Crippen molar-refractivity contribution in [3.63, 3.8) is 0 Å². The Balaban J connectivity index is 3.09. The molecule has 0 N–H and O–H groups in total. The van der Waals surface area contributed by atoms with Crippen molar-refractivity contribution >= 4 is 5.69 Å². The molecule has 0 aliphatic heterocycles. The molecule has 1 aromatic carbocycles. The van der Waals surface area contributed by atoms with Crippen molar-refractivity contribution in [3.05, 3.63) is 34.7 Å². The minimum atomic E-state index is 0.262. The standard InChI is InChI=1S/C7H4N4O/c8-5-12-7-4-2-1-3-6(7)10-11-9/h1-4H. The van der Waals surface area contributed by atoms with Gasteiger partial charge in [-0.1, -0.05) is 17.2 Å². The third kappa shape index (κ3) is 1.66. The zero-order chi connectivity index (χ0) is 8.81. The number of para-hydroxylation sites is 1. The van der Waals surface area contributed by atoms with E-state index in [-0.39, 0.29) is 5.75 Å². The van der Waals surface area contributed by atoms with Crippen molar-refractivity contribution < 1.29 is 4.74 Å². The van der Waals surface area contributed by atoms with E-state index in [1.54, 1.807) is 24.3 Å². The summed E-state index contributed by atoms with van der Waals surface area (Å²) < 4.78 is 4.53. The molecule has 0 amide bonds. The second-order valence-corrected chi connectivity index (χ2v) is 1.85. The summed E-state index contributed by atoms with van der Waals surface area (Å²) in [6, 6.07) is 6.48. The minimum Gasteiger partial charge on any atom is -0.388 e. The summed E-state index contributed by atoms with van der Waals surface area (Å²) in [4.78, 5) is 2.58. The third-order valence-electron chi connectivity index (χ3n) is 1.17. The van der Waals surface area contributed by atoms with Crippen LogP contribution in [0.3, 0.4) is 0 Å². The van der Waals surface area contributed by atoms with Crippen molar-refractivity contribution in [2.75, 3.05) is 0 Å². The lowest BCUT2D eigenvalue weighted by molar-refractivity contribution is 0.508. The molecule has 0 saturated carbocycles. The van der Waals surface area contributed by atoms with Gasteiger partial charge in [0.05, 0.1) is 5.69 Å². The maximum absolute atomic E-state index is 8.21. The second kappa shape index (κ2) is 3.86. The molecule has 1 aromatic rings. The Labute approximate surface area is 68.4 Å². The summed E-state index contributed by atoms with van der Waals surface area (Å²) in [7, 11) is 0. The van der Waals surface area contributed by atoms with E-state index in [0.717, 1.165) is 0 Å². The van der Waals surface area contributed by atoms with Gasteiger partial charge in [0.15, 0.2) is 5.75 Å². The van der Waals surface area contributed by atoms with Crippen LogP contribution in [-0.2, 0) is 0 Å². The summed E-state index contributed by atoms with van der Waals surface area (Å²) >= 11 is 0. The Morgan fingerprint density at radius 3 is 2.92 bits per heavy atom. The van der Waals surface area contributed by atoms with E-state index in [1.165, 1.54) is 6.26 Å². The lowest BCUT2D eigenvalue weighted by Gasteiger charge is -1.97. The fourth-order valence-electron chi connectivity index (χ4n) is 0.723. The predicted molar refractivity (Wildman–Crippen MR) is 41.5 cm³/mol. The summed E-state index contributed by atoms with van der Waals surface area (Å²) in [5.74, 6) is 0.262. The van der Waals surface area contributed by atoms with Crippen molar-refractivity contribution in [1.82, 2.24) is 0 Å². The van der Waals surface area contributed by atoms with E-state index in [4.69, 9.17) is 10.8 Å². The van der Waals surface area contributed by atoms with Crippen LogP contribution in [0, 0.1) is 11.5 Å². The van der Waals surface area contributed by atoms with E-state index < -0.39 is 0 Å². The highest BCUT2D eigenvalue weighted by Gasteiger charge is 1.98. The van der Waals surface area contributed by atoms with Crippen LogP contribution in [0.15, 0.2) is 29.4 Å². The average Bonchev–Trinajstić information content (AvgIpc) is 2.09. The van der Waals surface area contributed by atoms with Crippen LogP contribution in [0.1, 0.15) is 0 Å². The molecular formula is C7H4N4O. The first-order valence-corrected chi connectivity index (χ1v) is 3.08. The minimum absolute atomic E-state index is 0.262. The van der Waals surface area contributed by atoms with Gasteiger partial charge in [0, 0.05) is 4.91 Å². The molecule has 58 valence electrons. The molecule has 0 bridgehead atoms. The Hall–Kier alpha value is -2.18. The van der Waals surface area contributed by atoms with E-state index in [9.17, 15) is 0 Å². The molecule has 0 heterocycles. The Kier molecular flexibility index (Phi) is 2.55. The lowest BCUT2D eigenvalue weighted by atomic mass is 10.3. The van der Waals surface area contributed by atoms with Crippen molar-refractivity contribution in [2.24, 2.45) is 5.11 Å². The average molecular weight is 160 g/mol. The summed E-state index contributed by atoms with van der Waals surface area (Å²) in [6.07, 6.45) is 1.50. The monoisotopic (exact) mass is 160 g/mol. The SMILES string of the molecule is N#COc1ccccc1N=[N+]=[N-]. The number of nitrogens with zero attached hydrogens (tertiary/aromatic N) is 4. The topological polar surface area (TPSA) is 81.8 Å². The highest BCUT2D eigenvalue weighted by Crippen LogP contribution is 2.26. The maximum Gasteiger partial charge on any atom is 0.292 e. The van der Waals surface area contributed by atoms with E-state index in [0.29, 0.717) is 5.69 Å². The van der Waals surface area contributed by atoms with Crippen LogP contribution in [0.4, 0.5) is 5.69 Å². The summed E-state index contributed by atoms with van der Waals surface area (Å²) in [6.45, 7) is 0. The molecule has 0 unspecified atom stereocenters. The molecule has 12 heavy (non-hydrogen) atoms. The van der Waals surface area contributed by atoms with Gasteiger partial charge >= 0.3 is 0 Å². The van der Waals surface area contributed by atoms with Gasteiger partial charge in [0.25, 0.3) is 6.26 Å². The first kappa shape index (κ1) is 7.92. The van der Waals surface area contributed by atoms with E-state index in [2.05, 4.69) is 14.8 Å². The van der Waals surface area contributed by atoms with Crippen LogP contribution in [0.25, 0.3) is 10.4 Å². The summed E-state index contributed by atoms with van der Waals surface area (Å²) in [5.41, 5.74) is 8.44. The largest absolute Gasteiger partial charge is 0.388 e. The smallest absolute Gasteiger partial charge is 0.292 e. The third-order valence-corrected chi connectivity index (χ3v) is 1.17. The Morgan fingerprint density at radius 2 is 2.25 bits per heavy atom. The van der Waals surface area contributed by atoms with Crippen LogP contribution in [-0.4, -0.2) is 0 Å². The molecule has 0 spiro atoms. The number of hydrogen-bond acceptors (Lipinski definition) is 3. The number of hydrogen-bond donors (Lipinski definition) is 0. The quantitative estimate of drug-likeness (QED) is 0.288. The molecule has 0 aliphatic carbocycles. The van der Waals surface area contributed by atoms with Gasteiger partial charge in [-0.15, -0.1) is 5.26 Å². The molecule has 0 aliphatic rings. The Bertz CT molecular complexity index is 362. The molecule has 5 heteroatoms. The molecular weight excluding hydrogens is 156 g/mol. The zero-order valence-electron chi connectivity index (χ0n) is 6.01. The number of benzene rings is 1. The number of nitriles is 1. The highest BCUT2D eigenvalue weighted by molar-refractivity contribution is 5.51. The van der Waals surface area contributed by atoms with Gasteiger partial charge in [-0.2, -0.15) is 0 Å². The molecule has 0 saturated heterocycles. The number of azide groups is 1. The van der Waals surface area contributed by atoms with Gasteiger partial charge in [0.1, 0.15) is 0 Å². The zero-order valence-corrected chi connectivity index (χ0v) is 6.01. The van der Waals surface area contributed by atoms with Gasteiger partial charge in [-0.3, -0.25) is 0 Å². The van der Waals surface area contributed by atoms with Gasteiger partial charge in [-0.05, 0) is 17.7 Å². The van der Waals surface area contributed by atoms with Crippen LogP contribution in [0.2, 0.25) is 0 Å². The first-order chi connectivity index (χ1) is 5.88. The molecule has 1 rings (SSSR count). The molecule has 0 aromatic heterocycles. The maximum atomic E-state index is 8.21. The van der Waals surface area contributed by atoms with Crippen LogP contribution in [0.5, 0.6) is 5.75 Å². The summed E-state index contributed by atoms with van der Waals surface area (Å²) in [5, 5.41) is 11.5. The van der Waals surface area contributed by atoms with Crippen LogP contribution >= 0.6 is 0 Å². The molecule has 5 nitrogen and oxygen atoms in total. The highest BCUT2D eigenvalue weighted by atomic mass is 16.5. The fraction of sp³-hybridized carbons (Fsp3) is 0. The van der Waals surface area contributed by atoms with Crippen molar-refractivity contribution in [2.45, 2.75) is 0 Å². The number of ether oxygens (including phenoxy) is 1. The molecule has 0 fully saturated rings. The van der Waals surface area contributed by atoms with E-state index in [1.807, 2.05) is 0 Å². The lowest BCUT2D eigenvalue weighted by Crippen LogP contribution is -1.80. The van der Waals surface area contributed by atoms with Crippen molar-refractivity contribution in [3.8, 4) is 12.0 Å². The first-order valence-electron chi connectivity index (χ1n) is 3.08. The van der Waals surface area contributed by atoms with E-state index >= 15 is 0 Å². The van der Waals surface area contributed by atoms with Gasteiger partial charge in [0.2, 0.25) is 0 Å². The van der Waals surface area contributed by atoms with Gasteiger partial charge < -0.3 is 4.74 Å². The van der Waals surface area contributed by atoms with Crippen molar-refractivity contribution in [1.29, 1.82) is 5.26 Å².